The summed E-state index contributed by atoms with van der Waals surface area (Å²) in [6.45, 7) is 0. The lowest BCUT2D eigenvalue weighted by molar-refractivity contribution is 1.26. The Hall–Kier alpha value is -6.16. The first-order valence-corrected chi connectivity index (χ1v) is 18.9. The first-order valence-electron chi connectivity index (χ1n) is 16.9. The zero-order chi connectivity index (χ0) is 32.6. The summed E-state index contributed by atoms with van der Waals surface area (Å²) in [5.41, 5.74) is 6.98. The van der Waals surface area contributed by atoms with Crippen LogP contribution >= 0.6 is 0 Å². The molecule has 0 fully saturated rings. The molecule has 8 aromatic carbocycles. The van der Waals surface area contributed by atoms with Gasteiger partial charge >= 0.3 is 0 Å². The topological polar surface area (TPSA) is 6.48 Å². The van der Waals surface area contributed by atoms with E-state index in [9.17, 15) is 0 Å². The van der Waals surface area contributed by atoms with Gasteiger partial charge in [-0.3, -0.25) is 0 Å². The fourth-order valence-corrected chi connectivity index (χ4v) is 12.9. The number of hydrogen-bond acceptors (Lipinski definition) is 2. The van der Waals surface area contributed by atoms with Crippen LogP contribution in [0.3, 0.4) is 0 Å². The molecule has 232 valence electrons. The Morgan fingerprint density at radius 1 is 0.388 bits per heavy atom. The summed E-state index contributed by atoms with van der Waals surface area (Å²) < 4.78 is 0. The second-order valence-corrected chi connectivity index (χ2v) is 16.3. The summed E-state index contributed by atoms with van der Waals surface area (Å²) in [6, 6.07) is 75.6. The molecule has 0 N–H and O–H groups in total. The maximum Gasteiger partial charge on any atom is 0.184 e. The lowest BCUT2D eigenvalue weighted by Gasteiger charge is -2.45. The normalized spacial score (nSPS) is 13.0. The van der Waals surface area contributed by atoms with Gasteiger partial charge < -0.3 is 9.80 Å². The van der Waals surface area contributed by atoms with Crippen LogP contribution in [0.15, 0.2) is 206 Å². The smallest absolute Gasteiger partial charge is 0.184 e. The average molecular weight is 643 g/mol. The van der Waals surface area contributed by atoms with E-state index < -0.39 is 8.07 Å². The Morgan fingerprint density at radius 2 is 0.939 bits per heavy atom. The van der Waals surface area contributed by atoms with E-state index in [1.807, 2.05) is 0 Å². The quantitative estimate of drug-likeness (QED) is 0.167. The summed E-state index contributed by atoms with van der Waals surface area (Å²) in [4.78, 5) is 4.90. The van der Waals surface area contributed by atoms with Crippen molar-refractivity contribution in [2.45, 2.75) is 0 Å². The molecule has 0 amide bonds. The van der Waals surface area contributed by atoms with Gasteiger partial charge in [0.05, 0.1) is 5.69 Å². The molecule has 0 spiro atoms. The van der Waals surface area contributed by atoms with Crippen LogP contribution in [-0.2, 0) is 0 Å². The third kappa shape index (κ3) is 4.70. The predicted molar refractivity (Wildman–Crippen MR) is 210 cm³/mol. The lowest BCUT2D eigenvalue weighted by Crippen LogP contribution is -2.77. The van der Waals surface area contributed by atoms with Gasteiger partial charge in [-0.05, 0) is 74.7 Å². The van der Waals surface area contributed by atoms with Gasteiger partial charge in [-0.15, -0.1) is 0 Å². The number of nitrogens with zero attached hydrogens (tertiary/aromatic N) is 2. The molecular formula is C46H34N2Si. The fraction of sp³-hybridized carbons (Fsp3) is 0. The van der Waals surface area contributed by atoms with Crippen molar-refractivity contribution >= 4 is 73.7 Å². The van der Waals surface area contributed by atoms with E-state index >= 15 is 0 Å². The molecule has 0 bridgehead atoms. The van der Waals surface area contributed by atoms with Crippen LogP contribution < -0.4 is 30.5 Å². The molecule has 0 radical (unpaired) electrons. The second-order valence-electron chi connectivity index (χ2n) is 12.5. The highest BCUT2D eigenvalue weighted by Gasteiger charge is 2.48. The number of hydrogen-bond donors (Lipinski definition) is 0. The maximum absolute atomic E-state index is 2.77. The van der Waals surface area contributed by atoms with Gasteiger partial charge in [-0.2, -0.15) is 0 Å². The van der Waals surface area contributed by atoms with Crippen LogP contribution in [-0.4, -0.2) is 8.07 Å². The SMILES string of the molecule is c1ccc(N2c3ccccc3[Si](c3ccccc3)(c3ccccc3)c3ccc(N(c4ccccc4)c4cccc5ccccc45)cc32)cc1. The number of benzene rings is 8. The van der Waals surface area contributed by atoms with Crippen molar-refractivity contribution < 1.29 is 0 Å². The Bertz CT molecular complexity index is 2350. The Labute approximate surface area is 288 Å². The van der Waals surface area contributed by atoms with E-state index in [1.165, 1.54) is 42.9 Å². The largest absolute Gasteiger partial charge is 0.311 e. The van der Waals surface area contributed by atoms with E-state index in [2.05, 4.69) is 216 Å². The molecule has 49 heavy (non-hydrogen) atoms. The van der Waals surface area contributed by atoms with Crippen LogP contribution in [0.5, 0.6) is 0 Å². The zero-order valence-electron chi connectivity index (χ0n) is 27.0. The van der Waals surface area contributed by atoms with Gasteiger partial charge in [-0.25, -0.2) is 0 Å². The Kier molecular flexibility index (Phi) is 7.18. The second kappa shape index (κ2) is 12.1. The zero-order valence-corrected chi connectivity index (χ0v) is 28.0. The average Bonchev–Trinajstić information content (AvgIpc) is 3.18. The Morgan fingerprint density at radius 3 is 1.65 bits per heavy atom. The predicted octanol–water partition coefficient (Wildman–Crippen LogP) is 9.47. The molecule has 3 heteroatoms. The number of fused-ring (bicyclic) bond motifs is 3. The highest BCUT2D eigenvalue weighted by atomic mass is 28.3. The summed E-state index contributed by atoms with van der Waals surface area (Å²) in [6.07, 6.45) is 0. The molecule has 2 nitrogen and oxygen atoms in total. The molecular weight excluding hydrogens is 609 g/mol. The highest BCUT2D eigenvalue weighted by Crippen LogP contribution is 2.43. The van der Waals surface area contributed by atoms with Crippen molar-refractivity contribution in [3.05, 3.63) is 206 Å². The maximum atomic E-state index is 2.48. The number of anilines is 6. The summed E-state index contributed by atoms with van der Waals surface area (Å²) in [5.74, 6) is 0. The Balaban J connectivity index is 1.39. The minimum atomic E-state index is -2.77. The van der Waals surface area contributed by atoms with Gasteiger partial charge in [0.25, 0.3) is 0 Å². The van der Waals surface area contributed by atoms with Gasteiger partial charge in [0.2, 0.25) is 0 Å². The first kappa shape index (κ1) is 29.0. The van der Waals surface area contributed by atoms with Crippen molar-refractivity contribution in [1.29, 1.82) is 0 Å². The van der Waals surface area contributed by atoms with Crippen LogP contribution in [0.4, 0.5) is 34.1 Å². The van der Waals surface area contributed by atoms with E-state index in [4.69, 9.17) is 0 Å². The molecule has 0 atom stereocenters. The van der Waals surface area contributed by atoms with Gasteiger partial charge in [0, 0.05) is 33.8 Å². The molecule has 0 unspecified atom stereocenters. The summed E-state index contributed by atoms with van der Waals surface area (Å²) >= 11 is 0. The molecule has 0 aliphatic carbocycles. The molecule has 8 aromatic rings. The van der Waals surface area contributed by atoms with E-state index in [0.29, 0.717) is 0 Å². The van der Waals surface area contributed by atoms with E-state index in [0.717, 1.165) is 22.7 Å². The van der Waals surface area contributed by atoms with Gasteiger partial charge in [-0.1, -0.05) is 158 Å². The molecule has 1 aliphatic rings. The van der Waals surface area contributed by atoms with Crippen LogP contribution in [0.25, 0.3) is 10.8 Å². The minimum absolute atomic E-state index is 1.12. The van der Waals surface area contributed by atoms with Crippen molar-refractivity contribution in [2.75, 3.05) is 9.80 Å². The lowest BCUT2D eigenvalue weighted by atomic mass is 10.1. The minimum Gasteiger partial charge on any atom is -0.311 e. The van der Waals surface area contributed by atoms with Crippen molar-refractivity contribution in [2.24, 2.45) is 0 Å². The van der Waals surface area contributed by atoms with Crippen LogP contribution in [0.1, 0.15) is 0 Å². The number of rotatable bonds is 6. The molecule has 9 rings (SSSR count). The van der Waals surface area contributed by atoms with E-state index in [1.54, 1.807) is 0 Å². The van der Waals surface area contributed by atoms with Gasteiger partial charge in [0.15, 0.2) is 8.07 Å². The van der Waals surface area contributed by atoms with Crippen molar-refractivity contribution in [3.8, 4) is 0 Å². The van der Waals surface area contributed by atoms with Crippen molar-refractivity contribution in [1.82, 2.24) is 0 Å². The molecule has 0 aromatic heterocycles. The third-order valence-corrected chi connectivity index (χ3v) is 14.7. The van der Waals surface area contributed by atoms with Crippen LogP contribution in [0.2, 0.25) is 0 Å². The number of para-hydroxylation sites is 3. The third-order valence-electron chi connectivity index (χ3n) is 9.88. The van der Waals surface area contributed by atoms with E-state index in [-0.39, 0.29) is 0 Å². The monoisotopic (exact) mass is 642 g/mol. The standard InChI is InChI=1S/C46H34N2Si/c1-5-20-36(21-6-1)47(42-30-17-19-35-18-13-14-28-41(35)42)38-32-33-46-44(34-38)48(37-22-7-2-8-23-37)43-29-15-16-31-45(43)49(46,39-24-9-3-10-25-39)40-26-11-4-12-27-40/h1-34H. The summed E-state index contributed by atoms with van der Waals surface area (Å²) in [7, 11) is -2.77. The molecule has 0 saturated carbocycles. The first-order chi connectivity index (χ1) is 24.3. The molecule has 1 heterocycles. The highest BCUT2D eigenvalue weighted by molar-refractivity contribution is 7.21. The molecule has 0 saturated heterocycles. The van der Waals surface area contributed by atoms with Crippen LogP contribution in [0, 0.1) is 0 Å². The van der Waals surface area contributed by atoms with Gasteiger partial charge in [0.1, 0.15) is 0 Å². The van der Waals surface area contributed by atoms with Crippen molar-refractivity contribution in [3.63, 3.8) is 0 Å². The fourth-order valence-electron chi connectivity index (χ4n) is 7.85. The molecule has 1 aliphatic heterocycles. The summed E-state index contributed by atoms with van der Waals surface area (Å²) in [5, 5.41) is 7.97.